The number of piperazine rings is 1. The number of anilines is 1. The van der Waals surface area contributed by atoms with Crippen LogP contribution >= 0.6 is 0 Å². The molecule has 6 heteroatoms. The second-order valence-corrected chi connectivity index (χ2v) is 7.99. The third-order valence-electron chi connectivity index (χ3n) is 5.59. The molecule has 3 aromatic rings. The summed E-state index contributed by atoms with van der Waals surface area (Å²) in [5.41, 5.74) is 7.42. The summed E-state index contributed by atoms with van der Waals surface area (Å²) in [5, 5.41) is 4.57. The number of aryl methyl sites for hydroxylation is 4. The first-order valence-corrected chi connectivity index (χ1v) is 10.5. The summed E-state index contributed by atoms with van der Waals surface area (Å²) >= 11 is 0. The number of benzene rings is 2. The maximum atomic E-state index is 13.3. The van der Waals surface area contributed by atoms with Gasteiger partial charge >= 0.3 is 0 Å². The van der Waals surface area contributed by atoms with Crippen LogP contribution in [0.1, 0.15) is 32.9 Å². The van der Waals surface area contributed by atoms with Crippen LogP contribution in [-0.2, 0) is 4.79 Å². The van der Waals surface area contributed by atoms with Gasteiger partial charge in [0.05, 0.1) is 11.4 Å². The first kappa shape index (κ1) is 22.3. The van der Waals surface area contributed by atoms with Crippen molar-refractivity contribution in [3.8, 4) is 5.69 Å². The molecular weight excluding hydrogens is 388 g/mol. The van der Waals surface area contributed by atoms with Gasteiger partial charge < -0.3 is 14.6 Å². The van der Waals surface area contributed by atoms with E-state index in [1.54, 1.807) is 4.68 Å². The summed E-state index contributed by atoms with van der Waals surface area (Å²) in [6.07, 6.45) is 0. The topological polar surface area (TPSA) is 58.4 Å². The molecule has 0 spiro atoms. The highest BCUT2D eigenvalue weighted by Gasteiger charge is 2.26. The molecule has 162 valence electrons. The van der Waals surface area contributed by atoms with Crippen LogP contribution in [0.15, 0.2) is 48.5 Å². The van der Waals surface area contributed by atoms with Gasteiger partial charge in [-0.15, -0.1) is 0 Å². The molecular formula is C25H30N4O2. The Hall–Kier alpha value is -3.41. The van der Waals surface area contributed by atoms with Gasteiger partial charge in [-0.25, -0.2) is 4.68 Å². The molecule has 4 rings (SSSR count). The lowest BCUT2D eigenvalue weighted by molar-refractivity contribution is -0.0980. The molecule has 1 aromatic heterocycles. The monoisotopic (exact) mass is 418 g/mol. The van der Waals surface area contributed by atoms with Crippen LogP contribution in [0.25, 0.3) is 5.69 Å². The van der Waals surface area contributed by atoms with Crippen LogP contribution in [0.2, 0.25) is 0 Å². The predicted molar refractivity (Wildman–Crippen MR) is 124 cm³/mol. The Kier molecular flexibility index (Phi) is 6.90. The Morgan fingerprint density at radius 1 is 0.839 bits per heavy atom. The number of carbonyl (C=O) groups excluding carboxylic acids is 2. The molecule has 0 saturated carbocycles. The molecule has 6 nitrogen and oxygen atoms in total. The van der Waals surface area contributed by atoms with E-state index < -0.39 is 0 Å². The van der Waals surface area contributed by atoms with E-state index in [9.17, 15) is 4.79 Å². The molecule has 2 heterocycles. The molecule has 0 bridgehead atoms. The lowest BCUT2D eigenvalue weighted by atomic mass is 10.1. The summed E-state index contributed by atoms with van der Waals surface area (Å²) in [4.78, 5) is 25.6. The number of nitrogens with zero attached hydrogens (tertiary/aromatic N) is 4. The smallest absolute Gasteiger partial charge is 0.272 e. The van der Waals surface area contributed by atoms with E-state index in [0.29, 0.717) is 18.8 Å². The predicted octanol–water partition coefficient (Wildman–Crippen LogP) is 3.88. The summed E-state index contributed by atoms with van der Waals surface area (Å²) < 4.78 is 1.77. The quantitative estimate of drug-likeness (QED) is 0.648. The highest BCUT2D eigenvalue weighted by atomic mass is 16.2. The van der Waals surface area contributed by atoms with Gasteiger partial charge in [-0.3, -0.25) is 4.79 Å². The zero-order valence-corrected chi connectivity index (χ0v) is 18.8. The number of carbonyl (C=O) groups is 2. The first-order chi connectivity index (χ1) is 14.9. The van der Waals surface area contributed by atoms with E-state index in [0.717, 1.165) is 24.5 Å². The second-order valence-electron chi connectivity index (χ2n) is 7.99. The average Bonchev–Trinajstić information content (AvgIpc) is 3.17. The van der Waals surface area contributed by atoms with Crippen molar-refractivity contribution in [2.24, 2.45) is 0 Å². The van der Waals surface area contributed by atoms with Crippen LogP contribution in [0.4, 0.5) is 5.69 Å². The number of aromatic nitrogens is 2. The van der Waals surface area contributed by atoms with Gasteiger partial charge in [0, 0.05) is 31.9 Å². The molecule has 1 aliphatic heterocycles. The van der Waals surface area contributed by atoms with Crippen molar-refractivity contribution in [3.63, 3.8) is 0 Å². The van der Waals surface area contributed by atoms with Gasteiger partial charge in [0.1, 0.15) is 12.5 Å². The van der Waals surface area contributed by atoms with Crippen LogP contribution < -0.4 is 4.90 Å². The molecule has 1 aliphatic rings. The Labute approximate surface area is 184 Å². The molecule has 1 saturated heterocycles. The summed E-state index contributed by atoms with van der Waals surface area (Å²) in [7, 11) is 0. The number of hydrogen-bond acceptors (Lipinski definition) is 4. The van der Waals surface area contributed by atoms with E-state index in [-0.39, 0.29) is 5.91 Å². The fraction of sp³-hybridized carbons (Fsp3) is 0.320. The average molecular weight is 419 g/mol. The second kappa shape index (κ2) is 9.60. The molecule has 0 aliphatic carbocycles. The molecule has 2 aromatic carbocycles. The van der Waals surface area contributed by atoms with Crippen molar-refractivity contribution >= 4 is 18.4 Å². The normalized spacial score (nSPS) is 13.5. The Balaban J connectivity index is 0.00000132. The molecule has 0 unspecified atom stereocenters. The molecule has 31 heavy (non-hydrogen) atoms. The van der Waals surface area contributed by atoms with Crippen molar-refractivity contribution in [2.45, 2.75) is 27.7 Å². The van der Waals surface area contributed by atoms with Crippen LogP contribution in [0.5, 0.6) is 0 Å². The number of rotatable bonds is 3. The third kappa shape index (κ3) is 4.85. The van der Waals surface area contributed by atoms with Gasteiger partial charge in [0.15, 0.2) is 0 Å². The van der Waals surface area contributed by atoms with Crippen LogP contribution in [0, 0.1) is 27.7 Å². The highest BCUT2D eigenvalue weighted by molar-refractivity contribution is 5.93. The number of hydrogen-bond donors (Lipinski definition) is 0. The minimum atomic E-state index is 0.0476. The van der Waals surface area contributed by atoms with Crippen molar-refractivity contribution in [1.82, 2.24) is 14.7 Å². The zero-order valence-electron chi connectivity index (χ0n) is 18.8. The highest BCUT2D eigenvalue weighted by Crippen LogP contribution is 2.23. The van der Waals surface area contributed by atoms with E-state index >= 15 is 0 Å². The standard InChI is InChI=1S/C24H28N4O.CH2O/c1-17-5-8-21(9-6-17)28-23(16-20(4)25-28)24(29)27-13-11-26(12-14-27)22-10-7-18(2)15-19(22)3;1-2/h5-10,15-16H,11-14H2,1-4H3;1H2. The fourth-order valence-electron chi connectivity index (χ4n) is 4.01. The summed E-state index contributed by atoms with van der Waals surface area (Å²) in [6, 6.07) is 16.6. The van der Waals surface area contributed by atoms with Gasteiger partial charge in [-0.1, -0.05) is 35.4 Å². The molecule has 0 radical (unpaired) electrons. The fourth-order valence-corrected chi connectivity index (χ4v) is 4.01. The van der Waals surface area contributed by atoms with E-state index in [1.807, 2.05) is 48.9 Å². The van der Waals surface area contributed by atoms with Crippen LogP contribution in [0.3, 0.4) is 0 Å². The van der Waals surface area contributed by atoms with Gasteiger partial charge in [0.25, 0.3) is 5.91 Å². The molecule has 0 N–H and O–H groups in total. The van der Waals surface area contributed by atoms with Crippen molar-refractivity contribution in [2.75, 3.05) is 31.1 Å². The van der Waals surface area contributed by atoms with E-state index in [4.69, 9.17) is 4.79 Å². The van der Waals surface area contributed by atoms with Crippen LogP contribution in [-0.4, -0.2) is 53.6 Å². The maximum Gasteiger partial charge on any atom is 0.272 e. The minimum Gasteiger partial charge on any atom is -0.368 e. The van der Waals surface area contributed by atoms with Gasteiger partial charge in [-0.05, 0) is 57.5 Å². The minimum absolute atomic E-state index is 0.0476. The van der Waals surface area contributed by atoms with E-state index in [2.05, 4.69) is 49.0 Å². The van der Waals surface area contributed by atoms with E-state index in [1.165, 1.54) is 22.4 Å². The summed E-state index contributed by atoms with van der Waals surface area (Å²) in [5.74, 6) is 0.0476. The summed E-state index contributed by atoms with van der Waals surface area (Å²) in [6.45, 7) is 13.4. The SMILES string of the molecule is C=O.Cc1ccc(-n2nc(C)cc2C(=O)N2CCN(c3ccc(C)cc3C)CC2)cc1. The molecule has 1 fully saturated rings. The lowest BCUT2D eigenvalue weighted by Gasteiger charge is -2.36. The Morgan fingerprint density at radius 2 is 1.45 bits per heavy atom. The van der Waals surface area contributed by atoms with Gasteiger partial charge in [-0.2, -0.15) is 5.10 Å². The largest absolute Gasteiger partial charge is 0.368 e. The Bertz CT molecular complexity index is 1050. The number of amides is 1. The van der Waals surface area contributed by atoms with Gasteiger partial charge in [0.2, 0.25) is 0 Å². The van der Waals surface area contributed by atoms with Crippen molar-refractivity contribution in [1.29, 1.82) is 0 Å². The maximum absolute atomic E-state index is 13.3. The zero-order chi connectivity index (χ0) is 22.5. The molecule has 0 atom stereocenters. The lowest BCUT2D eigenvalue weighted by Crippen LogP contribution is -2.49. The third-order valence-corrected chi connectivity index (χ3v) is 5.59. The first-order valence-electron chi connectivity index (χ1n) is 10.5. The molecule has 1 amide bonds. The van der Waals surface area contributed by atoms with Crippen molar-refractivity contribution < 1.29 is 9.59 Å². The Morgan fingerprint density at radius 3 is 2.06 bits per heavy atom. The van der Waals surface area contributed by atoms with Crippen molar-refractivity contribution in [3.05, 3.63) is 76.6 Å².